The van der Waals surface area contributed by atoms with Crippen LogP contribution in [0, 0.1) is 16.0 Å². The van der Waals surface area contributed by atoms with E-state index in [2.05, 4.69) is 21.2 Å². The Balaban J connectivity index is 1.78. The molecule has 8 heteroatoms. The van der Waals surface area contributed by atoms with Gasteiger partial charge < -0.3 is 10.1 Å². The number of hydrogen-bond donors (Lipinski definition) is 1. The summed E-state index contributed by atoms with van der Waals surface area (Å²) >= 11 is 3.16. The van der Waals surface area contributed by atoms with Gasteiger partial charge in [0.05, 0.1) is 10.6 Å². The molecule has 1 aromatic rings. The summed E-state index contributed by atoms with van der Waals surface area (Å²) in [7, 11) is 0. The van der Waals surface area contributed by atoms with Crippen molar-refractivity contribution >= 4 is 39.2 Å². The van der Waals surface area contributed by atoms with Crippen molar-refractivity contribution in [2.45, 2.75) is 38.5 Å². The summed E-state index contributed by atoms with van der Waals surface area (Å²) in [6.07, 6.45) is 5.94. The quantitative estimate of drug-likeness (QED) is 0.446. The normalized spacial score (nSPS) is 14.9. The monoisotopic (exact) mass is 398 g/mol. The highest BCUT2D eigenvalue weighted by Crippen LogP contribution is 2.27. The molecule has 7 nitrogen and oxygen atoms in total. The predicted octanol–water partition coefficient (Wildman–Crippen LogP) is 3.81. The second-order valence-electron chi connectivity index (χ2n) is 5.84. The first-order valence-electron chi connectivity index (χ1n) is 7.85. The molecule has 0 aliphatic heterocycles. The highest BCUT2D eigenvalue weighted by Gasteiger charge is 2.19. The van der Waals surface area contributed by atoms with Crippen LogP contribution in [0.5, 0.6) is 0 Å². The maximum absolute atomic E-state index is 11.8. The van der Waals surface area contributed by atoms with Crippen molar-refractivity contribution in [1.82, 2.24) is 0 Å². The fourth-order valence-corrected chi connectivity index (χ4v) is 3.20. The zero-order chi connectivity index (χ0) is 17.5. The van der Waals surface area contributed by atoms with Crippen LogP contribution in [-0.2, 0) is 14.3 Å². The first kappa shape index (κ1) is 18.4. The largest absolute Gasteiger partial charge is 0.456 e. The van der Waals surface area contributed by atoms with Crippen LogP contribution in [0.25, 0.3) is 0 Å². The third-order valence-electron chi connectivity index (χ3n) is 3.98. The molecule has 1 aromatic carbocycles. The topological polar surface area (TPSA) is 98.5 Å². The summed E-state index contributed by atoms with van der Waals surface area (Å²) in [6.45, 7) is -0.366. The van der Waals surface area contributed by atoms with E-state index in [4.69, 9.17) is 4.74 Å². The molecule has 0 radical (unpaired) electrons. The van der Waals surface area contributed by atoms with Crippen LogP contribution >= 0.6 is 15.9 Å². The van der Waals surface area contributed by atoms with Gasteiger partial charge in [-0.3, -0.25) is 19.7 Å². The maximum Gasteiger partial charge on any atom is 0.306 e. The number of esters is 1. The fraction of sp³-hybridized carbons (Fsp3) is 0.500. The molecular weight excluding hydrogens is 380 g/mol. The molecule has 0 unspecified atom stereocenters. The van der Waals surface area contributed by atoms with Crippen molar-refractivity contribution in [3.8, 4) is 0 Å². The molecule has 0 bridgehead atoms. The second kappa shape index (κ2) is 8.77. The summed E-state index contributed by atoms with van der Waals surface area (Å²) in [5, 5.41) is 13.2. The number of hydrogen-bond acceptors (Lipinski definition) is 5. The Bertz CT molecular complexity index is 629. The molecule has 1 amide bonds. The van der Waals surface area contributed by atoms with Crippen molar-refractivity contribution in [2.24, 2.45) is 5.92 Å². The Morgan fingerprint density at radius 3 is 2.62 bits per heavy atom. The highest BCUT2D eigenvalue weighted by molar-refractivity contribution is 9.10. The number of carbonyl (C=O) groups is 2. The number of anilines is 1. The summed E-state index contributed by atoms with van der Waals surface area (Å²) in [5.74, 6) is -0.487. The Morgan fingerprint density at radius 1 is 1.29 bits per heavy atom. The smallest absolute Gasteiger partial charge is 0.306 e. The molecule has 0 atom stereocenters. The van der Waals surface area contributed by atoms with E-state index < -0.39 is 10.8 Å². The summed E-state index contributed by atoms with van der Waals surface area (Å²) in [4.78, 5) is 33.7. The first-order chi connectivity index (χ1) is 11.5. The van der Waals surface area contributed by atoms with Crippen molar-refractivity contribution < 1.29 is 19.2 Å². The molecule has 1 fully saturated rings. The van der Waals surface area contributed by atoms with Gasteiger partial charge in [-0.1, -0.05) is 19.3 Å². The van der Waals surface area contributed by atoms with Gasteiger partial charge in [-0.15, -0.1) is 0 Å². The van der Waals surface area contributed by atoms with Crippen LogP contribution in [0.2, 0.25) is 0 Å². The van der Waals surface area contributed by atoms with E-state index in [1.54, 1.807) is 0 Å². The number of ether oxygens (including phenoxy) is 1. The summed E-state index contributed by atoms with van der Waals surface area (Å²) in [6, 6.07) is 4.00. The molecule has 0 heterocycles. The lowest BCUT2D eigenvalue weighted by atomic mass is 9.87. The fourth-order valence-electron chi connectivity index (χ4n) is 2.74. The standard InChI is InChI=1S/C16H19BrN2O5/c17-13-9-12(19(22)23)6-7-14(13)18-15(20)10-24-16(21)8-11-4-2-1-3-5-11/h6-7,9,11H,1-5,8,10H2,(H,18,20). The van der Waals surface area contributed by atoms with Crippen molar-refractivity contribution in [3.63, 3.8) is 0 Å². The zero-order valence-corrected chi connectivity index (χ0v) is 14.7. The summed E-state index contributed by atoms with van der Waals surface area (Å²) in [5.41, 5.74) is 0.299. The Hall–Kier alpha value is -1.96. The minimum Gasteiger partial charge on any atom is -0.456 e. The van der Waals surface area contributed by atoms with E-state index in [1.807, 2.05) is 0 Å². The van der Waals surface area contributed by atoms with Crippen LogP contribution < -0.4 is 5.32 Å². The van der Waals surface area contributed by atoms with Gasteiger partial charge in [0.2, 0.25) is 0 Å². The molecule has 1 N–H and O–H groups in total. The van der Waals surface area contributed by atoms with E-state index in [0.29, 0.717) is 22.5 Å². The van der Waals surface area contributed by atoms with Crippen molar-refractivity contribution in [2.75, 3.05) is 11.9 Å². The van der Waals surface area contributed by atoms with E-state index in [0.717, 1.165) is 25.7 Å². The average Bonchev–Trinajstić information content (AvgIpc) is 2.55. The molecule has 0 aromatic heterocycles. The number of nitrogens with zero attached hydrogens (tertiary/aromatic N) is 1. The van der Waals surface area contributed by atoms with Crippen LogP contribution in [0.3, 0.4) is 0 Å². The van der Waals surface area contributed by atoms with Crippen LogP contribution in [0.4, 0.5) is 11.4 Å². The van der Waals surface area contributed by atoms with Gasteiger partial charge in [0.25, 0.3) is 11.6 Å². The molecule has 1 saturated carbocycles. The minimum absolute atomic E-state index is 0.0845. The van der Waals surface area contributed by atoms with E-state index in [1.165, 1.54) is 24.6 Å². The summed E-state index contributed by atoms with van der Waals surface area (Å²) < 4.78 is 5.39. The van der Waals surface area contributed by atoms with Gasteiger partial charge in [0.15, 0.2) is 6.61 Å². The molecular formula is C16H19BrN2O5. The number of rotatable bonds is 6. The lowest BCUT2D eigenvalue weighted by Gasteiger charge is -2.20. The number of benzene rings is 1. The zero-order valence-electron chi connectivity index (χ0n) is 13.1. The van der Waals surface area contributed by atoms with Gasteiger partial charge in [-0.2, -0.15) is 0 Å². The number of nitro groups is 1. The van der Waals surface area contributed by atoms with Crippen LogP contribution in [0.15, 0.2) is 22.7 Å². The molecule has 130 valence electrons. The molecule has 24 heavy (non-hydrogen) atoms. The maximum atomic E-state index is 11.8. The Morgan fingerprint density at radius 2 is 2.00 bits per heavy atom. The van der Waals surface area contributed by atoms with Gasteiger partial charge in [0, 0.05) is 23.0 Å². The number of amides is 1. The number of nitrogens with one attached hydrogen (secondary N) is 1. The molecule has 1 aliphatic carbocycles. The Kier molecular flexibility index (Phi) is 6.72. The molecule has 0 saturated heterocycles. The van der Waals surface area contributed by atoms with Crippen LogP contribution in [-0.4, -0.2) is 23.4 Å². The van der Waals surface area contributed by atoms with E-state index in [9.17, 15) is 19.7 Å². The Labute approximate surface area is 148 Å². The third-order valence-corrected chi connectivity index (χ3v) is 4.64. The molecule has 2 rings (SSSR count). The number of halogens is 1. The lowest BCUT2D eigenvalue weighted by Crippen LogP contribution is -2.22. The minimum atomic E-state index is -0.524. The second-order valence-corrected chi connectivity index (χ2v) is 6.69. The van der Waals surface area contributed by atoms with Gasteiger partial charge in [-0.25, -0.2) is 0 Å². The number of nitro benzene ring substituents is 1. The lowest BCUT2D eigenvalue weighted by molar-refractivity contribution is -0.384. The number of non-ortho nitro benzene ring substituents is 1. The van der Waals surface area contributed by atoms with E-state index >= 15 is 0 Å². The average molecular weight is 399 g/mol. The van der Waals surface area contributed by atoms with Crippen LogP contribution in [0.1, 0.15) is 38.5 Å². The molecule has 1 aliphatic rings. The molecule has 0 spiro atoms. The van der Waals surface area contributed by atoms with E-state index in [-0.39, 0.29) is 18.3 Å². The highest BCUT2D eigenvalue weighted by atomic mass is 79.9. The predicted molar refractivity (Wildman–Crippen MR) is 91.6 cm³/mol. The van der Waals surface area contributed by atoms with Crippen molar-refractivity contribution in [1.29, 1.82) is 0 Å². The van der Waals surface area contributed by atoms with Gasteiger partial charge in [-0.05, 0) is 40.8 Å². The third kappa shape index (κ3) is 5.59. The first-order valence-corrected chi connectivity index (χ1v) is 8.64. The number of carbonyl (C=O) groups excluding carboxylic acids is 2. The van der Waals surface area contributed by atoms with Crippen molar-refractivity contribution in [3.05, 3.63) is 32.8 Å². The SMILES string of the molecule is O=C(COC(=O)CC1CCCCC1)Nc1ccc([N+](=O)[O-])cc1Br. The van der Waals surface area contributed by atoms with Gasteiger partial charge >= 0.3 is 5.97 Å². The van der Waals surface area contributed by atoms with Gasteiger partial charge in [0.1, 0.15) is 0 Å².